The third kappa shape index (κ3) is 3.27. The number of H-pyrrole nitrogens is 1. The first-order chi connectivity index (χ1) is 7.62. The number of nitrogens with zero attached hydrogens (tertiary/aromatic N) is 2. The molecule has 0 saturated carbocycles. The first-order valence-corrected chi connectivity index (χ1v) is 7.23. The van der Waals surface area contributed by atoms with Crippen LogP contribution >= 0.6 is 15.9 Å². The fourth-order valence-corrected chi connectivity index (χ4v) is 3.16. The van der Waals surface area contributed by atoms with Gasteiger partial charge in [-0.05, 0) is 0 Å². The molecule has 1 rings (SSSR count). The maximum Gasteiger partial charge on any atom is 0.246 e. The van der Waals surface area contributed by atoms with Gasteiger partial charge in [0.2, 0.25) is 10.0 Å². The molecule has 1 aromatic rings. The average Bonchev–Trinajstić information content (AvgIpc) is 2.77. The van der Waals surface area contributed by atoms with Crippen molar-refractivity contribution in [2.45, 2.75) is 4.90 Å². The predicted molar refractivity (Wildman–Crippen MR) is 63.0 cm³/mol. The number of ether oxygens (including phenoxy) is 1. The van der Waals surface area contributed by atoms with Crippen LogP contribution in [0.1, 0.15) is 0 Å². The molecule has 0 aliphatic carbocycles. The highest BCUT2D eigenvalue weighted by molar-refractivity contribution is 9.09. The van der Waals surface area contributed by atoms with E-state index in [1.165, 1.54) is 23.8 Å². The van der Waals surface area contributed by atoms with E-state index in [-0.39, 0.29) is 4.90 Å². The lowest BCUT2D eigenvalue weighted by molar-refractivity contribution is 0.181. The molecular weight excluding hydrogens is 298 g/mol. The van der Waals surface area contributed by atoms with Gasteiger partial charge in [-0.3, -0.25) is 5.10 Å². The van der Waals surface area contributed by atoms with Crippen LogP contribution in [0.25, 0.3) is 0 Å². The molecule has 0 unspecified atom stereocenters. The van der Waals surface area contributed by atoms with Crippen LogP contribution in [0.4, 0.5) is 0 Å². The third-order valence-corrected chi connectivity index (χ3v) is 4.21. The van der Waals surface area contributed by atoms with Crippen molar-refractivity contribution < 1.29 is 13.2 Å². The Morgan fingerprint density at radius 3 is 2.81 bits per heavy atom. The second kappa shape index (κ2) is 6.33. The Morgan fingerprint density at radius 2 is 2.31 bits per heavy atom. The zero-order valence-corrected chi connectivity index (χ0v) is 11.3. The van der Waals surface area contributed by atoms with Gasteiger partial charge in [-0.2, -0.15) is 9.40 Å². The number of aromatic amines is 1. The van der Waals surface area contributed by atoms with E-state index in [4.69, 9.17) is 4.74 Å². The number of methoxy groups -OCH3 is 1. The highest BCUT2D eigenvalue weighted by atomic mass is 79.9. The summed E-state index contributed by atoms with van der Waals surface area (Å²) in [6, 6.07) is 0. The first-order valence-electron chi connectivity index (χ1n) is 4.66. The number of hydrogen-bond acceptors (Lipinski definition) is 4. The van der Waals surface area contributed by atoms with Crippen molar-refractivity contribution in [3.63, 3.8) is 0 Å². The lowest BCUT2D eigenvalue weighted by Crippen LogP contribution is -2.35. The molecule has 0 aromatic carbocycles. The molecule has 1 aromatic heterocycles. The second-order valence-corrected chi connectivity index (χ2v) is 5.75. The monoisotopic (exact) mass is 311 g/mol. The Labute approximate surface area is 103 Å². The molecule has 0 fully saturated rings. The maximum absolute atomic E-state index is 12.1. The Kier molecular flexibility index (Phi) is 5.39. The van der Waals surface area contributed by atoms with E-state index in [9.17, 15) is 8.42 Å². The minimum atomic E-state index is -3.46. The fraction of sp³-hybridized carbons (Fsp3) is 0.625. The first kappa shape index (κ1) is 13.6. The number of sulfonamides is 1. The van der Waals surface area contributed by atoms with Crippen LogP contribution in [0.15, 0.2) is 17.3 Å². The van der Waals surface area contributed by atoms with Crippen LogP contribution in [-0.2, 0) is 14.8 Å². The van der Waals surface area contributed by atoms with Crippen molar-refractivity contribution in [1.29, 1.82) is 0 Å². The summed E-state index contributed by atoms with van der Waals surface area (Å²) in [5.41, 5.74) is 0. The minimum absolute atomic E-state index is 0.171. The molecule has 0 spiro atoms. The van der Waals surface area contributed by atoms with Crippen LogP contribution < -0.4 is 0 Å². The van der Waals surface area contributed by atoms with Gasteiger partial charge in [-0.1, -0.05) is 15.9 Å². The predicted octanol–water partition coefficient (Wildman–Crippen LogP) is 0.442. The van der Waals surface area contributed by atoms with E-state index >= 15 is 0 Å². The normalized spacial score (nSPS) is 12.2. The quantitative estimate of drug-likeness (QED) is 0.742. The van der Waals surface area contributed by atoms with Crippen molar-refractivity contribution in [2.75, 3.05) is 32.1 Å². The summed E-state index contributed by atoms with van der Waals surface area (Å²) >= 11 is 3.23. The van der Waals surface area contributed by atoms with Gasteiger partial charge < -0.3 is 4.74 Å². The third-order valence-electron chi connectivity index (χ3n) is 1.99. The molecule has 0 radical (unpaired) electrons. The number of hydrogen-bond donors (Lipinski definition) is 1. The number of halogens is 1. The van der Waals surface area contributed by atoms with Crippen molar-refractivity contribution >= 4 is 26.0 Å². The van der Waals surface area contributed by atoms with E-state index in [1.807, 2.05) is 0 Å². The van der Waals surface area contributed by atoms with Gasteiger partial charge in [0, 0.05) is 31.7 Å². The summed E-state index contributed by atoms with van der Waals surface area (Å²) in [4.78, 5) is 0.171. The molecule has 6 nitrogen and oxygen atoms in total. The van der Waals surface area contributed by atoms with Crippen LogP contribution in [0.3, 0.4) is 0 Å². The number of alkyl halides is 1. The van der Waals surface area contributed by atoms with Gasteiger partial charge >= 0.3 is 0 Å². The summed E-state index contributed by atoms with van der Waals surface area (Å²) < 4.78 is 30.4. The molecule has 16 heavy (non-hydrogen) atoms. The SMILES string of the molecule is COCCN(CCBr)S(=O)(=O)c1cn[nH]c1. The summed E-state index contributed by atoms with van der Waals surface area (Å²) in [7, 11) is -1.92. The fourth-order valence-electron chi connectivity index (χ4n) is 1.17. The van der Waals surface area contributed by atoms with Crippen LogP contribution in [0.2, 0.25) is 0 Å². The smallest absolute Gasteiger partial charge is 0.246 e. The van der Waals surface area contributed by atoms with Gasteiger partial charge in [0.15, 0.2) is 0 Å². The molecule has 92 valence electrons. The molecule has 0 atom stereocenters. The summed E-state index contributed by atoms with van der Waals surface area (Å²) in [5, 5.41) is 6.70. The van der Waals surface area contributed by atoms with Crippen molar-refractivity contribution in [3.8, 4) is 0 Å². The Balaban J connectivity index is 2.84. The molecule has 0 aliphatic rings. The van der Waals surface area contributed by atoms with Gasteiger partial charge in [0.25, 0.3) is 0 Å². The standard InChI is InChI=1S/C8H14BrN3O3S/c1-15-5-4-12(3-2-9)16(13,14)8-6-10-11-7-8/h6-7H,2-5H2,1H3,(H,10,11). The highest BCUT2D eigenvalue weighted by Crippen LogP contribution is 2.13. The average molecular weight is 312 g/mol. The van der Waals surface area contributed by atoms with Crippen LogP contribution in [0, 0.1) is 0 Å². The second-order valence-electron chi connectivity index (χ2n) is 3.02. The van der Waals surface area contributed by atoms with Crippen LogP contribution in [0.5, 0.6) is 0 Å². The van der Waals surface area contributed by atoms with Crippen molar-refractivity contribution in [3.05, 3.63) is 12.4 Å². The molecule has 0 saturated heterocycles. The van der Waals surface area contributed by atoms with E-state index in [0.29, 0.717) is 25.0 Å². The molecule has 8 heteroatoms. The van der Waals surface area contributed by atoms with E-state index in [0.717, 1.165) is 0 Å². The summed E-state index contributed by atoms with van der Waals surface area (Å²) in [6.07, 6.45) is 2.66. The van der Waals surface area contributed by atoms with E-state index in [2.05, 4.69) is 26.1 Å². The zero-order chi connectivity index (χ0) is 12.0. The molecule has 0 bridgehead atoms. The topological polar surface area (TPSA) is 75.3 Å². The molecule has 0 amide bonds. The summed E-state index contributed by atoms with van der Waals surface area (Å²) in [5.74, 6) is 0. The molecule has 1 heterocycles. The van der Waals surface area contributed by atoms with Gasteiger partial charge in [0.1, 0.15) is 4.90 Å². The Bertz CT molecular complexity index is 393. The number of aromatic nitrogens is 2. The maximum atomic E-state index is 12.1. The van der Waals surface area contributed by atoms with E-state index in [1.54, 1.807) is 0 Å². The Morgan fingerprint density at radius 1 is 1.56 bits per heavy atom. The lowest BCUT2D eigenvalue weighted by atomic mass is 10.6. The molecule has 1 N–H and O–H groups in total. The molecular formula is C8H14BrN3O3S. The van der Waals surface area contributed by atoms with Crippen molar-refractivity contribution in [1.82, 2.24) is 14.5 Å². The molecule has 0 aliphatic heterocycles. The zero-order valence-electron chi connectivity index (χ0n) is 8.89. The van der Waals surface area contributed by atoms with Gasteiger partial charge in [-0.15, -0.1) is 0 Å². The van der Waals surface area contributed by atoms with Gasteiger partial charge in [0.05, 0.1) is 12.8 Å². The van der Waals surface area contributed by atoms with E-state index < -0.39 is 10.0 Å². The number of nitrogens with one attached hydrogen (secondary N) is 1. The van der Waals surface area contributed by atoms with Gasteiger partial charge in [-0.25, -0.2) is 8.42 Å². The van der Waals surface area contributed by atoms with Crippen LogP contribution in [-0.4, -0.2) is 55.1 Å². The summed E-state index contributed by atoms with van der Waals surface area (Å²) in [6.45, 7) is 1.09. The largest absolute Gasteiger partial charge is 0.383 e. The van der Waals surface area contributed by atoms with Crippen molar-refractivity contribution in [2.24, 2.45) is 0 Å². The Hall–Kier alpha value is -0.440. The number of rotatable bonds is 7. The lowest BCUT2D eigenvalue weighted by Gasteiger charge is -2.19. The highest BCUT2D eigenvalue weighted by Gasteiger charge is 2.24. The minimum Gasteiger partial charge on any atom is -0.383 e.